The standard InChI is InChI=1S/C22H23ClFN5O4/c1-14(30)26-12-16-13-29(22(32)33-16)15-4-5-19(18(24)11-15)27-7-9-28(10-8-27)21(31)17-3-2-6-25-20(17)23/h2-6,11,16H,7-10,12-13H2,1H3,(H,26,30)/t16-/m0/s1. The van der Waals surface area contributed by atoms with Crippen LogP contribution < -0.4 is 15.1 Å². The Morgan fingerprint density at radius 1 is 1.24 bits per heavy atom. The van der Waals surface area contributed by atoms with Gasteiger partial charge in [0.05, 0.1) is 30.0 Å². The number of rotatable bonds is 5. The second-order valence-electron chi connectivity index (χ2n) is 7.81. The van der Waals surface area contributed by atoms with Crippen molar-refractivity contribution in [3.05, 3.63) is 53.1 Å². The maximum Gasteiger partial charge on any atom is 0.414 e. The highest BCUT2D eigenvalue weighted by Crippen LogP contribution is 2.29. The lowest BCUT2D eigenvalue weighted by Gasteiger charge is -2.36. The van der Waals surface area contributed by atoms with E-state index in [0.717, 1.165) is 0 Å². The van der Waals surface area contributed by atoms with Gasteiger partial charge in [0, 0.05) is 39.3 Å². The zero-order valence-corrected chi connectivity index (χ0v) is 18.7. The Labute approximate surface area is 195 Å². The van der Waals surface area contributed by atoms with Gasteiger partial charge < -0.3 is 19.9 Å². The van der Waals surface area contributed by atoms with E-state index in [2.05, 4.69) is 10.3 Å². The number of pyridine rings is 1. The van der Waals surface area contributed by atoms with Gasteiger partial charge in [-0.3, -0.25) is 14.5 Å². The molecule has 2 aromatic rings. The molecule has 1 aromatic heterocycles. The third kappa shape index (κ3) is 5.00. The number of nitrogens with one attached hydrogen (secondary N) is 1. The molecule has 0 radical (unpaired) electrons. The maximum atomic E-state index is 15.0. The SMILES string of the molecule is CC(=O)NC[C@H]1CN(c2ccc(N3CCN(C(=O)c4cccnc4Cl)CC3)c(F)c2)C(=O)O1. The monoisotopic (exact) mass is 475 g/mol. The summed E-state index contributed by atoms with van der Waals surface area (Å²) in [6.45, 7) is 3.52. The van der Waals surface area contributed by atoms with Crippen LogP contribution >= 0.6 is 11.6 Å². The van der Waals surface area contributed by atoms with Crippen LogP contribution in [0.15, 0.2) is 36.5 Å². The highest BCUT2D eigenvalue weighted by Gasteiger charge is 2.33. The zero-order chi connectivity index (χ0) is 23.5. The van der Waals surface area contributed by atoms with E-state index in [1.165, 1.54) is 24.1 Å². The van der Waals surface area contributed by atoms with E-state index in [1.807, 2.05) is 4.90 Å². The Hall–Kier alpha value is -3.40. The molecule has 0 spiro atoms. The molecule has 0 bridgehead atoms. The molecule has 2 saturated heterocycles. The first-order valence-corrected chi connectivity index (χ1v) is 10.9. The van der Waals surface area contributed by atoms with Gasteiger partial charge in [-0.25, -0.2) is 14.2 Å². The van der Waals surface area contributed by atoms with Gasteiger partial charge in [0.15, 0.2) is 0 Å². The number of ether oxygens (including phenoxy) is 1. The first kappa shape index (κ1) is 22.8. The van der Waals surface area contributed by atoms with Crippen molar-refractivity contribution >= 4 is 40.9 Å². The number of hydrogen-bond acceptors (Lipinski definition) is 6. The number of benzene rings is 1. The van der Waals surface area contributed by atoms with E-state index < -0.39 is 18.0 Å². The number of nitrogens with zero attached hydrogens (tertiary/aromatic N) is 4. The van der Waals surface area contributed by atoms with Crippen molar-refractivity contribution in [2.24, 2.45) is 0 Å². The lowest BCUT2D eigenvalue weighted by atomic mass is 10.2. The minimum Gasteiger partial charge on any atom is -0.442 e. The molecule has 9 nitrogen and oxygen atoms in total. The minimum atomic E-state index is -0.585. The van der Waals surface area contributed by atoms with Crippen LogP contribution in [0.5, 0.6) is 0 Å². The number of halogens is 2. The molecule has 0 aliphatic carbocycles. The summed E-state index contributed by atoms with van der Waals surface area (Å²) in [5.41, 5.74) is 1.12. The number of hydrogen-bond donors (Lipinski definition) is 1. The molecular weight excluding hydrogens is 453 g/mol. The molecule has 1 aromatic carbocycles. The number of aromatic nitrogens is 1. The van der Waals surface area contributed by atoms with E-state index in [0.29, 0.717) is 43.1 Å². The minimum absolute atomic E-state index is 0.159. The first-order valence-electron chi connectivity index (χ1n) is 10.5. The van der Waals surface area contributed by atoms with Crippen molar-refractivity contribution < 1.29 is 23.5 Å². The molecule has 174 valence electrons. The lowest BCUT2D eigenvalue weighted by molar-refractivity contribution is -0.119. The summed E-state index contributed by atoms with van der Waals surface area (Å²) in [5.74, 6) is -0.893. The lowest BCUT2D eigenvalue weighted by Crippen LogP contribution is -2.49. The van der Waals surface area contributed by atoms with Gasteiger partial charge in [-0.1, -0.05) is 11.6 Å². The normalized spacial score (nSPS) is 18.3. The molecule has 11 heteroatoms. The Morgan fingerprint density at radius 3 is 2.67 bits per heavy atom. The second kappa shape index (κ2) is 9.62. The van der Waals surface area contributed by atoms with Crippen molar-refractivity contribution in [1.82, 2.24) is 15.2 Å². The van der Waals surface area contributed by atoms with E-state index in [-0.39, 0.29) is 30.1 Å². The number of amides is 3. The van der Waals surface area contributed by atoms with Crippen LogP contribution in [0.1, 0.15) is 17.3 Å². The average molecular weight is 476 g/mol. The van der Waals surface area contributed by atoms with Gasteiger partial charge >= 0.3 is 6.09 Å². The molecule has 4 rings (SSSR count). The fourth-order valence-electron chi connectivity index (χ4n) is 3.88. The van der Waals surface area contributed by atoms with Crippen molar-refractivity contribution in [3.63, 3.8) is 0 Å². The van der Waals surface area contributed by atoms with E-state index in [1.54, 1.807) is 29.2 Å². The second-order valence-corrected chi connectivity index (χ2v) is 8.17. The van der Waals surface area contributed by atoms with Crippen LogP contribution in [-0.4, -0.2) is 73.2 Å². The number of cyclic esters (lactones) is 1. The fourth-order valence-corrected chi connectivity index (χ4v) is 4.08. The van der Waals surface area contributed by atoms with Crippen molar-refractivity contribution in [1.29, 1.82) is 0 Å². The Balaban J connectivity index is 1.38. The fraction of sp³-hybridized carbons (Fsp3) is 0.364. The van der Waals surface area contributed by atoms with Crippen LogP contribution in [0.3, 0.4) is 0 Å². The third-order valence-corrected chi connectivity index (χ3v) is 5.89. The van der Waals surface area contributed by atoms with E-state index in [4.69, 9.17) is 16.3 Å². The van der Waals surface area contributed by atoms with E-state index >= 15 is 0 Å². The Morgan fingerprint density at radius 2 is 2.00 bits per heavy atom. The number of anilines is 2. The van der Waals surface area contributed by atoms with Crippen molar-refractivity contribution in [2.45, 2.75) is 13.0 Å². The summed E-state index contributed by atoms with van der Waals surface area (Å²) in [6.07, 6.45) is 0.441. The first-order chi connectivity index (χ1) is 15.8. The molecule has 3 heterocycles. The van der Waals surface area contributed by atoms with Gasteiger partial charge in [-0.15, -0.1) is 0 Å². The van der Waals surface area contributed by atoms with Gasteiger partial charge in [0.2, 0.25) is 5.91 Å². The molecule has 0 saturated carbocycles. The molecular formula is C22H23ClFN5O4. The summed E-state index contributed by atoms with van der Waals surface area (Å²) in [4.78, 5) is 44.7. The molecule has 1 N–H and O–H groups in total. The van der Waals surface area contributed by atoms with Crippen LogP contribution in [-0.2, 0) is 9.53 Å². The number of piperazine rings is 1. The van der Waals surface area contributed by atoms with Crippen LogP contribution in [0, 0.1) is 5.82 Å². The molecule has 3 amide bonds. The van der Waals surface area contributed by atoms with Gasteiger partial charge in [-0.2, -0.15) is 0 Å². The van der Waals surface area contributed by atoms with Crippen molar-refractivity contribution in [3.8, 4) is 0 Å². The zero-order valence-electron chi connectivity index (χ0n) is 18.0. The highest BCUT2D eigenvalue weighted by atomic mass is 35.5. The van der Waals surface area contributed by atoms with E-state index in [9.17, 15) is 18.8 Å². The van der Waals surface area contributed by atoms with Crippen LogP contribution in [0.25, 0.3) is 0 Å². The average Bonchev–Trinajstić information content (AvgIpc) is 3.18. The van der Waals surface area contributed by atoms with Crippen LogP contribution in [0.2, 0.25) is 5.15 Å². The molecule has 2 aliphatic heterocycles. The Bertz CT molecular complexity index is 1080. The van der Waals surface area contributed by atoms with Gasteiger partial charge in [0.1, 0.15) is 17.1 Å². The summed E-state index contributed by atoms with van der Waals surface area (Å²) < 4.78 is 20.2. The predicted octanol–water partition coefficient (Wildman–Crippen LogP) is 2.30. The summed E-state index contributed by atoms with van der Waals surface area (Å²) in [7, 11) is 0. The van der Waals surface area contributed by atoms with Gasteiger partial charge in [0.25, 0.3) is 5.91 Å². The molecule has 0 unspecified atom stereocenters. The van der Waals surface area contributed by atoms with Crippen molar-refractivity contribution in [2.75, 3.05) is 49.1 Å². The molecule has 1 atom stereocenters. The summed E-state index contributed by atoms with van der Waals surface area (Å²) in [6, 6.07) is 7.86. The molecule has 33 heavy (non-hydrogen) atoms. The molecule has 2 aliphatic rings. The number of carbonyl (C=O) groups excluding carboxylic acids is 3. The Kier molecular flexibility index (Phi) is 6.64. The largest absolute Gasteiger partial charge is 0.442 e. The predicted molar refractivity (Wildman–Crippen MR) is 120 cm³/mol. The highest BCUT2D eigenvalue weighted by molar-refractivity contribution is 6.32. The number of carbonyl (C=O) groups is 3. The third-order valence-electron chi connectivity index (χ3n) is 5.59. The smallest absolute Gasteiger partial charge is 0.414 e. The topological polar surface area (TPSA) is 95.1 Å². The molecule has 2 fully saturated rings. The van der Waals surface area contributed by atoms with Crippen LogP contribution in [0.4, 0.5) is 20.6 Å². The summed E-state index contributed by atoms with van der Waals surface area (Å²) in [5, 5.41) is 2.76. The summed E-state index contributed by atoms with van der Waals surface area (Å²) >= 11 is 6.03. The maximum absolute atomic E-state index is 15.0. The van der Waals surface area contributed by atoms with Gasteiger partial charge in [-0.05, 0) is 30.3 Å². The quantitative estimate of drug-likeness (QED) is 0.667.